The van der Waals surface area contributed by atoms with Gasteiger partial charge in [0.2, 0.25) is 0 Å². The van der Waals surface area contributed by atoms with Gasteiger partial charge in [-0.05, 0) is 44.6 Å². The maximum atomic E-state index is 4.98. The van der Waals surface area contributed by atoms with E-state index in [1.165, 1.54) is 41.8 Å². The minimum Gasteiger partial charge on any atom is -0.379 e. The van der Waals surface area contributed by atoms with Crippen LogP contribution < -0.4 is 5.32 Å². The summed E-state index contributed by atoms with van der Waals surface area (Å²) in [7, 11) is 0. The van der Waals surface area contributed by atoms with Gasteiger partial charge in [0.05, 0.1) is 17.5 Å². The van der Waals surface area contributed by atoms with Crippen molar-refractivity contribution in [3.05, 3.63) is 35.1 Å². The van der Waals surface area contributed by atoms with E-state index in [0.29, 0.717) is 12.0 Å². The van der Waals surface area contributed by atoms with Crippen molar-refractivity contribution in [3.63, 3.8) is 0 Å². The van der Waals surface area contributed by atoms with Crippen molar-refractivity contribution in [2.75, 3.05) is 6.54 Å². The lowest BCUT2D eigenvalue weighted by Crippen LogP contribution is -2.14. The number of allylic oxidation sites excluding steroid dienone is 5. The summed E-state index contributed by atoms with van der Waals surface area (Å²) in [6.07, 6.45) is 10.4. The maximum absolute atomic E-state index is 4.98. The van der Waals surface area contributed by atoms with Gasteiger partial charge < -0.3 is 5.32 Å². The van der Waals surface area contributed by atoms with Gasteiger partial charge in [-0.25, -0.2) is 0 Å². The third-order valence-electron chi connectivity index (χ3n) is 4.11. The fourth-order valence-electron chi connectivity index (χ4n) is 2.49. The van der Waals surface area contributed by atoms with E-state index in [9.17, 15) is 0 Å². The van der Waals surface area contributed by atoms with Crippen LogP contribution in [0.25, 0.3) is 0 Å². The Balaban J connectivity index is 2.39. The summed E-state index contributed by atoms with van der Waals surface area (Å²) in [6, 6.07) is 0.369. The van der Waals surface area contributed by atoms with E-state index in [1.54, 1.807) is 0 Å². The molecule has 1 saturated heterocycles. The Hall–Kier alpha value is -1.31. The first-order valence-electron chi connectivity index (χ1n) is 7.50. The molecule has 0 aromatic heterocycles. The number of hydrogen-bond acceptors (Lipinski definition) is 2. The molecule has 2 heteroatoms. The normalized spacial score (nSPS) is 29.3. The first-order chi connectivity index (χ1) is 9.13. The molecule has 19 heavy (non-hydrogen) atoms. The van der Waals surface area contributed by atoms with Crippen LogP contribution >= 0.6 is 0 Å². The summed E-state index contributed by atoms with van der Waals surface area (Å²) in [6.45, 7) is 9.70. The highest BCUT2D eigenvalue weighted by molar-refractivity contribution is 6.15. The van der Waals surface area contributed by atoms with E-state index in [4.69, 9.17) is 4.99 Å². The van der Waals surface area contributed by atoms with Gasteiger partial charge in [0.15, 0.2) is 0 Å². The summed E-state index contributed by atoms with van der Waals surface area (Å²) in [5.74, 6) is 0.583. The molecule has 0 amide bonds. The Labute approximate surface area is 117 Å². The standard InChI is InChI=1S/C17H26N2/c1-5-16-17(19-13(4)12(2)3)15(11-18-16)14-9-7-6-8-10-14/h5,7,9,12-13,18H,6,8,10-11H2,1-4H3/b15-14+,16-5-,19-17?. The first-order valence-corrected chi connectivity index (χ1v) is 7.50. The van der Waals surface area contributed by atoms with Crippen LogP contribution in [0.1, 0.15) is 47.0 Å². The van der Waals surface area contributed by atoms with Gasteiger partial charge in [0, 0.05) is 12.1 Å². The van der Waals surface area contributed by atoms with Crippen LogP contribution in [0.15, 0.2) is 40.1 Å². The van der Waals surface area contributed by atoms with E-state index in [0.717, 1.165) is 6.54 Å². The molecule has 1 aliphatic heterocycles. The molecule has 0 saturated carbocycles. The third-order valence-corrected chi connectivity index (χ3v) is 4.11. The van der Waals surface area contributed by atoms with E-state index in [2.05, 4.69) is 51.2 Å². The molecule has 0 radical (unpaired) electrons. The van der Waals surface area contributed by atoms with E-state index < -0.39 is 0 Å². The molecule has 0 spiro atoms. The van der Waals surface area contributed by atoms with Crippen molar-refractivity contribution in [2.45, 2.75) is 53.0 Å². The summed E-state index contributed by atoms with van der Waals surface area (Å²) in [5, 5.41) is 3.49. The molecule has 1 atom stereocenters. The van der Waals surface area contributed by atoms with Crippen molar-refractivity contribution in [3.8, 4) is 0 Å². The lowest BCUT2D eigenvalue weighted by Gasteiger charge is -2.15. The fraction of sp³-hybridized carbons (Fsp3) is 0.588. The van der Waals surface area contributed by atoms with Crippen molar-refractivity contribution in [1.29, 1.82) is 0 Å². The van der Waals surface area contributed by atoms with Crippen molar-refractivity contribution in [1.82, 2.24) is 5.32 Å². The number of rotatable bonds is 2. The SMILES string of the molecule is C/C=C1\NC/C(=C2/C=CCCC2)C1=NC(C)C(C)C. The van der Waals surface area contributed by atoms with Gasteiger partial charge in [-0.15, -0.1) is 0 Å². The largest absolute Gasteiger partial charge is 0.379 e. The molecular formula is C17H26N2. The van der Waals surface area contributed by atoms with Crippen molar-refractivity contribution >= 4 is 5.71 Å². The first kappa shape index (κ1) is 14.1. The van der Waals surface area contributed by atoms with E-state index in [-0.39, 0.29) is 0 Å². The molecule has 0 aromatic rings. The zero-order valence-electron chi connectivity index (χ0n) is 12.7. The summed E-state index contributed by atoms with van der Waals surface area (Å²) < 4.78 is 0. The average molecular weight is 258 g/mol. The second-order valence-electron chi connectivity index (χ2n) is 5.82. The Kier molecular flexibility index (Phi) is 4.62. The van der Waals surface area contributed by atoms with Gasteiger partial charge in [0.25, 0.3) is 0 Å². The van der Waals surface area contributed by atoms with Crippen LogP contribution in [0.2, 0.25) is 0 Å². The Bertz CT molecular complexity index is 450. The third kappa shape index (κ3) is 3.17. The van der Waals surface area contributed by atoms with Crippen molar-refractivity contribution in [2.24, 2.45) is 10.9 Å². The summed E-state index contributed by atoms with van der Waals surface area (Å²) in [4.78, 5) is 4.98. The molecule has 1 N–H and O–H groups in total. The molecule has 1 unspecified atom stereocenters. The number of nitrogens with one attached hydrogen (secondary N) is 1. The Morgan fingerprint density at radius 3 is 2.68 bits per heavy atom. The molecule has 1 aliphatic carbocycles. The molecule has 104 valence electrons. The predicted molar refractivity (Wildman–Crippen MR) is 83.5 cm³/mol. The van der Waals surface area contributed by atoms with Gasteiger partial charge in [-0.2, -0.15) is 0 Å². The van der Waals surface area contributed by atoms with E-state index in [1.807, 2.05) is 0 Å². The van der Waals surface area contributed by atoms with Crippen LogP contribution in [0.3, 0.4) is 0 Å². The van der Waals surface area contributed by atoms with Gasteiger partial charge >= 0.3 is 0 Å². The second-order valence-corrected chi connectivity index (χ2v) is 5.82. The van der Waals surface area contributed by atoms with Crippen LogP contribution in [0.5, 0.6) is 0 Å². The predicted octanol–water partition coefficient (Wildman–Crippen LogP) is 4.02. The van der Waals surface area contributed by atoms with Crippen molar-refractivity contribution < 1.29 is 0 Å². The molecule has 1 heterocycles. The molecule has 2 aliphatic rings. The smallest absolute Gasteiger partial charge is 0.0858 e. The molecule has 2 rings (SSSR count). The summed E-state index contributed by atoms with van der Waals surface area (Å²) in [5.41, 5.74) is 5.29. The number of hydrogen-bond donors (Lipinski definition) is 1. The average Bonchev–Trinajstić information content (AvgIpc) is 2.82. The van der Waals surface area contributed by atoms with Crippen LogP contribution in [-0.2, 0) is 0 Å². The lowest BCUT2D eigenvalue weighted by molar-refractivity contribution is 0.532. The van der Waals surface area contributed by atoms with Crippen LogP contribution in [0, 0.1) is 5.92 Å². The Morgan fingerprint density at radius 1 is 1.32 bits per heavy atom. The number of aliphatic imine (C=N–C) groups is 1. The Morgan fingerprint density at radius 2 is 2.11 bits per heavy atom. The quantitative estimate of drug-likeness (QED) is 0.795. The minimum absolute atomic E-state index is 0.369. The highest BCUT2D eigenvalue weighted by Gasteiger charge is 2.24. The van der Waals surface area contributed by atoms with E-state index >= 15 is 0 Å². The number of nitrogens with zero attached hydrogens (tertiary/aromatic N) is 1. The zero-order chi connectivity index (χ0) is 13.8. The monoisotopic (exact) mass is 258 g/mol. The zero-order valence-corrected chi connectivity index (χ0v) is 12.7. The lowest BCUT2D eigenvalue weighted by atomic mass is 9.95. The molecule has 0 bridgehead atoms. The van der Waals surface area contributed by atoms with Crippen LogP contribution in [-0.4, -0.2) is 18.3 Å². The van der Waals surface area contributed by atoms with Gasteiger partial charge in [-0.1, -0.05) is 32.1 Å². The molecule has 1 fully saturated rings. The highest BCUT2D eigenvalue weighted by Crippen LogP contribution is 2.26. The maximum Gasteiger partial charge on any atom is 0.0858 e. The van der Waals surface area contributed by atoms with Gasteiger partial charge in [-0.3, -0.25) is 4.99 Å². The summed E-state index contributed by atoms with van der Waals surface area (Å²) >= 11 is 0. The molecular weight excluding hydrogens is 232 g/mol. The second kappa shape index (κ2) is 6.23. The highest BCUT2D eigenvalue weighted by atomic mass is 15.0. The van der Waals surface area contributed by atoms with Crippen LogP contribution in [0.4, 0.5) is 0 Å². The molecule has 0 aromatic carbocycles. The van der Waals surface area contributed by atoms with Gasteiger partial charge in [0.1, 0.15) is 0 Å². The minimum atomic E-state index is 0.369. The topological polar surface area (TPSA) is 24.4 Å². The molecule has 2 nitrogen and oxygen atoms in total. The fourth-order valence-corrected chi connectivity index (χ4v) is 2.49.